The van der Waals surface area contributed by atoms with E-state index in [9.17, 15) is 18.0 Å². The van der Waals surface area contributed by atoms with Crippen molar-refractivity contribution in [1.82, 2.24) is 4.72 Å². The predicted octanol–water partition coefficient (Wildman–Crippen LogP) is 2.99. The molecule has 0 saturated heterocycles. The van der Waals surface area contributed by atoms with Crippen LogP contribution in [-0.4, -0.2) is 20.9 Å². The third-order valence-corrected chi connectivity index (χ3v) is 5.97. The van der Waals surface area contributed by atoms with Crippen LogP contribution in [0.1, 0.15) is 23.1 Å². The molecule has 29 heavy (non-hydrogen) atoms. The third kappa shape index (κ3) is 4.72. The maximum absolute atomic E-state index is 12.2. The molecule has 0 aliphatic heterocycles. The molecule has 0 aliphatic carbocycles. The molecule has 0 unspecified atom stereocenters. The molecule has 1 heterocycles. The van der Waals surface area contributed by atoms with Crippen molar-refractivity contribution < 1.29 is 22.4 Å². The Bertz CT molecular complexity index is 1230. The fraction of sp³-hybridized carbons (Fsp3) is 0.238. The lowest BCUT2D eigenvalue weighted by atomic mass is 10.1. The Hall–Kier alpha value is -2.97. The number of hydrogen-bond acceptors (Lipinski definition) is 6. The fourth-order valence-electron chi connectivity index (χ4n) is 2.87. The van der Waals surface area contributed by atoms with E-state index in [1.165, 1.54) is 18.2 Å². The monoisotopic (exact) mass is 415 g/mol. The highest BCUT2D eigenvalue weighted by Gasteiger charge is 2.16. The number of aryl methyl sites for hydroxylation is 3. The summed E-state index contributed by atoms with van der Waals surface area (Å²) in [6, 6.07) is 11.1. The van der Waals surface area contributed by atoms with E-state index in [0.717, 1.165) is 16.5 Å². The molecule has 3 rings (SSSR count). The summed E-state index contributed by atoms with van der Waals surface area (Å²) in [4.78, 5) is 23.9. The summed E-state index contributed by atoms with van der Waals surface area (Å²) in [6.45, 7) is 5.24. The molecule has 152 valence electrons. The van der Waals surface area contributed by atoms with Gasteiger partial charge >= 0.3 is 11.6 Å². The van der Waals surface area contributed by atoms with Crippen molar-refractivity contribution in [1.29, 1.82) is 0 Å². The maximum Gasteiger partial charge on any atom is 0.336 e. The van der Waals surface area contributed by atoms with Crippen molar-refractivity contribution >= 4 is 27.0 Å². The molecule has 0 atom stereocenters. The van der Waals surface area contributed by atoms with E-state index in [1.807, 2.05) is 6.92 Å². The molecular formula is C21H21NO6S. The Kier molecular flexibility index (Phi) is 5.86. The lowest BCUT2D eigenvalue weighted by molar-refractivity contribution is -0.134. The number of fused-ring (bicyclic) bond motifs is 1. The fourth-order valence-corrected chi connectivity index (χ4v) is 3.90. The Morgan fingerprint density at radius 1 is 1.07 bits per heavy atom. The van der Waals surface area contributed by atoms with Gasteiger partial charge in [0.25, 0.3) is 0 Å². The van der Waals surface area contributed by atoms with Crippen LogP contribution in [0, 0.1) is 20.8 Å². The highest BCUT2D eigenvalue weighted by atomic mass is 32.2. The molecule has 0 radical (unpaired) electrons. The van der Waals surface area contributed by atoms with E-state index in [-0.39, 0.29) is 23.6 Å². The van der Waals surface area contributed by atoms with Crippen LogP contribution in [0.4, 0.5) is 0 Å². The average Bonchev–Trinajstić information content (AvgIpc) is 2.64. The van der Waals surface area contributed by atoms with Gasteiger partial charge in [0.05, 0.1) is 11.3 Å². The number of esters is 1. The number of hydrogen-bond donors (Lipinski definition) is 1. The van der Waals surface area contributed by atoms with Crippen LogP contribution < -0.4 is 15.1 Å². The van der Waals surface area contributed by atoms with Gasteiger partial charge in [0.15, 0.2) is 0 Å². The Morgan fingerprint density at radius 3 is 2.45 bits per heavy atom. The van der Waals surface area contributed by atoms with Gasteiger partial charge in [-0.1, -0.05) is 17.7 Å². The molecule has 0 fully saturated rings. The van der Waals surface area contributed by atoms with E-state index >= 15 is 0 Å². The van der Waals surface area contributed by atoms with Crippen LogP contribution in [0.25, 0.3) is 11.0 Å². The summed E-state index contributed by atoms with van der Waals surface area (Å²) < 4.78 is 37.4. The molecule has 7 nitrogen and oxygen atoms in total. The first-order valence-electron chi connectivity index (χ1n) is 8.98. The third-order valence-electron chi connectivity index (χ3n) is 4.49. The predicted molar refractivity (Wildman–Crippen MR) is 109 cm³/mol. The van der Waals surface area contributed by atoms with Gasteiger partial charge in [0, 0.05) is 23.6 Å². The molecule has 8 heteroatoms. The number of nitrogens with one attached hydrogen (secondary N) is 1. The van der Waals surface area contributed by atoms with E-state index in [2.05, 4.69) is 4.72 Å². The topological polar surface area (TPSA) is 103 Å². The van der Waals surface area contributed by atoms with Crippen molar-refractivity contribution in [3.8, 4) is 5.75 Å². The van der Waals surface area contributed by atoms with Crippen molar-refractivity contribution in [2.24, 2.45) is 0 Å². The molecule has 0 aliphatic rings. The number of sulfonamides is 1. The highest BCUT2D eigenvalue weighted by molar-refractivity contribution is 7.89. The molecular weight excluding hydrogens is 394 g/mol. The van der Waals surface area contributed by atoms with E-state index in [0.29, 0.717) is 11.1 Å². The summed E-state index contributed by atoms with van der Waals surface area (Å²) in [5, 5.41) is 0.757. The Labute approximate surface area is 168 Å². The van der Waals surface area contributed by atoms with Crippen LogP contribution in [0.2, 0.25) is 0 Å². The molecule has 1 aromatic heterocycles. The van der Waals surface area contributed by atoms with Crippen LogP contribution in [0.15, 0.2) is 56.6 Å². The number of ether oxygens (including phenoxy) is 1. The first-order valence-corrected chi connectivity index (χ1v) is 10.5. The maximum atomic E-state index is 12.2. The molecule has 0 bridgehead atoms. The van der Waals surface area contributed by atoms with E-state index in [1.54, 1.807) is 38.1 Å². The van der Waals surface area contributed by atoms with Gasteiger partial charge in [-0.15, -0.1) is 0 Å². The molecule has 0 saturated carbocycles. The lowest BCUT2D eigenvalue weighted by Crippen LogP contribution is -2.27. The SMILES string of the molecule is Cc1ccc(S(=O)(=O)NCCC(=O)Oc2ccc3c(C)cc(=O)oc3c2C)cc1. The van der Waals surface area contributed by atoms with Gasteiger partial charge in [-0.3, -0.25) is 4.79 Å². The van der Waals surface area contributed by atoms with Crippen molar-refractivity contribution in [2.45, 2.75) is 32.1 Å². The summed E-state index contributed by atoms with van der Waals surface area (Å²) >= 11 is 0. The molecule has 0 spiro atoms. The second-order valence-corrected chi connectivity index (χ2v) is 8.52. The zero-order chi connectivity index (χ0) is 21.2. The van der Waals surface area contributed by atoms with Crippen LogP contribution in [-0.2, 0) is 14.8 Å². The summed E-state index contributed by atoms with van der Waals surface area (Å²) in [5.74, 6) is -0.341. The van der Waals surface area contributed by atoms with Crippen molar-refractivity contribution in [2.75, 3.05) is 6.54 Å². The van der Waals surface area contributed by atoms with Crippen LogP contribution in [0.5, 0.6) is 5.75 Å². The van der Waals surface area contributed by atoms with Gasteiger partial charge in [-0.25, -0.2) is 17.9 Å². The standard InChI is InChI=1S/C21H21NO6S/c1-13-4-6-16(7-5-13)29(25,26)22-11-10-19(23)27-18-9-8-17-14(2)12-20(24)28-21(17)15(18)3/h4-9,12,22H,10-11H2,1-3H3. The smallest absolute Gasteiger partial charge is 0.336 e. The zero-order valence-electron chi connectivity index (χ0n) is 16.3. The second kappa shape index (κ2) is 8.18. The van der Waals surface area contributed by atoms with Crippen molar-refractivity contribution in [3.05, 3.63) is 69.6 Å². The minimum atomic E-state index is -3.70. The number of benzene rings is 2. The molecule has 1 N–H and O–H groups in total. The summed E-state index contributed by atoms with van der Waals surface area (Å²) in [6.07, 6.45) is -0.152. The van der Waals surface area contributed by atoms with E-state index < -0.39 is 21.6 Å². The molecule has 0 amide bonds. The highest BCUT2D eigenvalue weighted by Crippen LogP contribution is 2.28. The van der Waals surface area contributed by atoms with Crippen LogP contribution in [0.3, 0.4) is 0 Å². The number of rotatable bonds is 6. The van der Waals surface area contributed by atoms with Gasteiger partial charge in [-0.05, 0) is 50.6 Å². The van der Waals surface area contributed by atoms with Gasteiger partial charge in [0.1, 0.15) is 11.3 Å². The average molecular weight is 415 g/mol. The quantitative estimate of drug-likeness (QED) is 0.377. The summed E-state index contributed by atoms with van der Waals surface area (Å²) in [5.41, 5.74) is 2.12. The second-order valence-electron chi connectivity index (χ2n) is 6.75. The first-order chi connectivity index (χ1) is 13.7. The summed E-state index contributed by atoms with van der Waals surface area (Å²) in [7, 11) is -3.70. The number of carbonyl (C=O) groups is 1. The van der Waals surface area contributed by atoms with Crippen LogP contribution >= 0.6 is 0 Å². The number of carbonyl (C=O) groups excluding carboxylic acids is 1. The van der Waals surface area contributed by atoms with Gasteiger partial charge < -0.3 is 9.15 Å². The largest absolute Gasteiger partial charge is 0.426 e. The van der Waals surface area contributed by atoms with E-state index in [4.69, 9.17) is 9.15 Å². The lowest BCUT2D eigenvalue weighted by Gasteiger charge is -2.10. The molecule has 3 aromatic rings. The van der Waals surface area contributed by atoms with Crippen molar-refractivity contribution in [3.63, 3.8) is 0 Å². The Morgan fingerprint density at radius 2 is 1.76 bits per heavy atom. The molecule has 2 aromatic carbocycles. The normalized spacial score (nSPS) is 11.6. The minimum absolute atomic E-state index is 0.101. The van der Waals surface area contributed by atoms with Gasteiger partial charge in [0.2, 0.25) is 10.0 Å². The zero-order valence-corrected chi connectivity index (χ0v) is 17.1. The Balaban J connectivity index is 1.66. The van der Waals surface area contributed by atoms with Gasteiger partial charge in [-0.2, -0.15) is 0 Å². The minimum Gasteiger partial charge on any atom is -0.426 e. The first kappa shape index (κ1) is 20.8.